The molecular weight excluding hydrogens is 366 g/mol. The van der Waals surface area contributed by atoms with Crippen molar-refractivity contribution in [2.75, 3.05) is 11.1 Å². The Morgan fingerprint density at radius 3 is 2.36 bits per heavy atom. The van der Waals surface area contributed by atoms with Crippen LogP contribution in [0.3, 0.4) is 0 Å². The number of rotatable bonds is 3. The number of hydrogen-bond donors (Lipinski definition) is 2. The number of nitrogen functional groups attached to an aromatic ring is 1. The fraction of sp³-hybridized carbons (Fsp3) is 0.0435. The molecule has 0 fully saturated rings. The SMILES string of the molecule is Nc1sc2ccc3ccccc3c2[n+]1CC(=O)Nc1cccc2ccccc12. The van der Waals surface area contributed by atoms with Gasteiger partial charge < -0.3 is 5.32 Å². The van der Waals surface area contributed by atoms with Crippen molar-refractivity contribution < 1.29 is 9.36 Å². The minimum absolute atomic E-state index is 0.0966. The molecule has 0 saturated carbocycles. The van der Waals surface area contributed by atoms with Crippen molar-refractivity contribution in [2.24, 2.45) is 0 Å². The van der Waals surface area contributed by atoms with Gasteiger partial charge in [-0.1, -0.05) is 66.7 Å². The summed E-state index contributed by atoms with van der Waals surface area (Å²) in [6, 6.07) is 26.3. The molecule has 136 valence electrons. The molecule has 0 unspecified atom stereocenters. The van der Waals surface area contributed by atoms with Crippen LogP contribution in [0.4, 0.5) is 10.8 Å². The molecule has 1 amide bonds. The van der Waals surface area contributed by atoms with E-state index in [9.17, 15) is 4.79 Å². The summed E-state index contributed by atoms with van der Waals surface area (Å²) in [6.07, 6.45) is 0. The number of fused-ring (bicyclic) bond motifs is 4. The van der Waals surface area contributed by atoms with Gasteiger partial charge in [-0.2, -0.15) is 0 Å². The van der Waals surface area contributed by atoms with E-state index in [2.05, 4.69) is 29.6 Å². The van der Waals surface area contributed by atoms with Crippen molar-refractivity contribution in [1.82, 2.24) is 0 Å². The zero-order valence-corrected chi connectivity index (χ0v) is 15.9. The van der Waals surface area contributed by atoms with E-state index in [0.717, 1.165) is 37.4 Å². The van der Waals surface area contributed by atoms with Crippen LogP contribution in [0.5, 0.6) is 0 Å². The predicted octanol–water partition coefficient (Wildman–Crippen LogP) is 4.72. The van der Waals surface area contributed by atoms with E-state index in [4.69, 9.17) is 5.73 Å². The lowest BCUT2D eigenvalue weighted by Crippen LogP contribution is -2.41. The van der Waals surface area contributed by atoms with Crippen LogP contribution in [-0.4, -0.2) is 5.91 Å². The maximum atomic E-state index is 12.9. The van der Waals surface area contributed by atoms with E-state index in [1.165, 1.54) is 11.3 Å². The number of benzene rings is 4. The van der Waals surface area contributed by atoms with Gasteiger partial charge in [0.2, 0.25) is 0 Å². The number of carbonyl (C=O) groups is 1. The fourth-order valence-corrected chi connectivity index (χ4v) is 4.64. The molecule has 0 bridgehead atoms. The minimum atomic E-state index is -0.0966. The van der Waals surface area contributed by atoms with E-state index in [-0.39, 0.29) is 12.5 Å². The molecule has 3 N–H and O–H groups in total. The highest BCUT2D eigenvalue weighted by atomic mass is 32.1. The van der Waals surface area contributed by atoms with Gasteiger partial charge in [-0.3, -0.25) is 10.5 Å². The number of hydrogen-bond acceptors (Lipinski definition) is 3. The Morgan fingerprint density at radius 2 is 1.54 bits per heavy atom. The van der Waals surface area contributed by atoms with Crippen LogP contribution in [0.2, 0.25) is 0 Å². The molecule has 1 heterocycles. The molecule has 5 aromatic rings. The highest BCUT2D eigenvalue weighted by Gasteiger charge is 2.20. The Kier molecular flexibility index (Phi) is 3.95. The van der Waals surface area contributed by atoms with Gasteiger partial charge >= 0.3 is 5.13 Å². The molecule has 28 heavy (non-hydrogen) atoms. The third-order valence-corrected chi connectivity index (χ3v) is 5.96. The van der Waals surface area contributed by atoms with Gasteiger partial charge in [0.15, 0.2) is 12.1 Å². The summed E-state index contributed by atoms with van der Waals surface area (Å²) in [6.45, 7) is 0.170. The molecule has 1 aromatic heterocycles. The van der Waals surface area contributed by atoms with E-state index >= 15 is 0 Å². The monoisotopic (exact) mass is 384 g/mol. The second-order valence-electron chi connectivity index (χ2n) is 6.73. The first-order valence-electron chi connectivity index (χ1n) is 9.08. The zero-order valence-electron chi connectivity index (χ0n) is 15.1. The number of nitrogens with zero attached hydrogens (tertiary/aromatic N) is 1. The maximum Gasteiger partial charge on any atom is 0.333 e. The quantitative estimate of drug-likeness (QED) is 0.442. The summed E-state index contributed by atoms with van der Waals surface area (Å²) >= 11 is 1.51. The highest BCUT2D eigenvalue weighted by Crippen LogP contribution is 2.29. The van der Waals surface area contributed by atoms with Gasteiger partial charge in [-0.25, -0.2) is 4.57 Å². The van der Waals surface area contributed by atoms with Gasteiger partial charge in [0.1, 0.15) is 0 Å². The number of nitrogens with one attached hydrogen (secondary N) is 1. The number of amides is 1. The van der Waals surface area contributed by atoms with Gasteiger partial charge in [0, 0.05) is 16.5 Å². The van der Waals surface area contributed by atoms with Crippen molar-refractivity contribution in [3.05, 3.63) is 78.9 Å². The Bertz CT molecular complexity index is 1350. The molecule has 0 aliphatic carbocycles. The molecule has 0 saturated heterocycles. The van der Waals surface area contributed by atoms with Crippen molar-refractivity contribution >= 4 is 59.8 Å². The van der Waals surface area contributed by atoms with Crippen molar-refractivity contribution in [2.45, 2.75) is 6.54 Å². The van der Waals surface area contributed by atoms with Crippen LogP contribution >= 0.6 is 11.3 Å². The van der Waals surface area contributed by atoms with E-state index in [1.807, 2.05) is 59.2 Å². The Balaban J connectivity index is 1.54. The summed E-state index contributed by atoms with van der Waals surface area (Å²) < 4.78 is 2.98. The lowest BCUT2D eigenvalue weighted by molar-refractivity contribution is -0.638. The summed E-state index contributed by atoms with van der Waals surface area (Å²) in [5.41, 5.74) is 8.10. The van der Waals surface area contributed by atoms with E-state index < -0.39 is 0 Å². The second kappa shape index (κ2) is 6.62. The molecule has 0 spiro atoms. The number of thiazole rings is 1. The van der Waals surface area contributed by atoms with Gasteiger partial charge in [-0.05, 0) is 34.2 Å². The molecular formula is C23H18N3OS+. The summed E-state index contributed by atoms with van der Waals surface area (Å²) in [5.74, 6) is -0.0966. The standard InChI is InChI=1S/C23H17N3OS/c24-23-26(22-18-10-4-2-7-16(18)12-13-20(22)28-23)14-21(27)25-19-11-5-8-15-6-1-3-9-17(15)19/h1-13,24H,14H2,(H,25,27)/p+1. The van der Waals surface area contributed by atoms with Crippen molar-refractivity contribution in [1.29, 1.82) is 0 Å². The number of anilines is 2. The molecule has 5 heteroatoms. The third kappa shape index (κ3) is 2.77. The third-order valence-electron chi connectivity index (χ3n) is 4.98. The largest absolute Gasteiger partial charge is 0.333 e. The Hall–Kier alpha value is -3.44. The molecule has 0 aliphatic heterocycles. The summed E-state index contributed by atoms with van der Waals surface area (Å²) in [4.78, 5) is 12.9. The molecule has 0 radical (unpaired) electrons. The average molecular weight is 384 g/mol. The minimum Gasteiger partial charge on any atom is -0.322 e. The van der Waals surface area contributed by atoms with Crippen LogP contribution in [0.15, 0.2) is 78.9 Å². The van der Waals surface area contributed by atoms with Crippen LogP contribution in [-0.2, 0) is 11.3 Å². The summed E-state index contributed by atoms with van der Waals surface area (Å²) in [7, 11) is 0. The van der Waals surface area contributed by atoms with E-state index in [1.54, 1.807) is 0 Å². The highest BCUT2D eigenvalue weighted by molar-refractivity contribution is 7.21. The van der Waals surface area contributed by atoms with Crippen LogP contribution < -0.4 is 15.6 Å². The molecule has 0 aliphatic rings. The summed E-state index contributed by atoms with van der Waals surface area (Å²) in [5, 5.41) is 8.04. The first-order chi connectivity index (χ1) is 13.7. The number of carbonyl (C=O) groups excluding carboxylic acids is 1. The normalized spacial score (nSPS) is 11.3. The molecule has 4 nitrogen and oxygen atoms in total. The van der Waals surface area contributed by atoms with Crippen molar-refractivity contribution in [3.8, 4) is 0 Å². The van der Waals surface area contributed by atoms with Crippen molar-refractivity contribution in [3.63, 3.8) is 0 Å². The van der Waals surface area contributed by atoms with Gasteiger partial charge in [-0.15, -0.1) is 0 Å². The number of aromatic nitrogens is 1. The van der Waals surface area contributed by atoms with E-state index in [0.29, 0.717) is 5.13 Å². The lowest BCUT2D eigenvalue weighted by atomic mass is 10.1. The van der Waals surface area contributed by atoms with Crippen LogP contribution in [0, 0.1) is 0 Å². The van der Waals surface area contributed by atoms with Gasteiger partial charge in [0.05, 0.1) is 4.70 Å². The zero-order chi connectivity index (χ0) is 19.1. The smallest absolute Gasteiger partial charge is 0.322 e. The lowest BCUT2D eigenvalue weighted by Gasteiger charge is -2.08. The average Bonchev–Trinajstić information content (AvgIpc) is 3.04. The van der Waals surface area contributed by atoms with Gasteiger partial charge in [0.25, 0.3) is 5.91 Å². The first kappa shape index (κ1) is 16.7. The van der Waals surface area contributed by atoms with Crippen LogP contribution in [0.25, 0.3) is 31.8 Å². The van der Waals surface area contributed by atoms with Crippen LogP contribution in [0.1, 0.15) is 0 Å². The Morgan fingerprint density at radius 1 is 0.857 bits per heavy atom. The Labute approximate surface area is 165 Å². The maximum absolute atomic E-state index is 12.9. The topological polar surface area (TPSA) is 59.0 Å². The number of nitrogens with two attached hydrogens (primary N) is 1. The second-order valence-corrected chi connectivity index (χ2v) is 7.80. The fourth-order valence-electron chi connectivity index (χ4n) is 3.70. The molecule has 4 aromatic carbocycles. The molecule has 5 rings (SSSR count). The first-order valence-corrected chi connectivity index (χ1v) is 9.89. The predicted molar refractivity (Wildman–Crippen MR) is 117 cm³/mol. The molecule has 0 atom stereocenters.